The van der Waals surface area contributed by atoms with Crippen LogP contribution in [0.1, 0.15) is 5.56 Å². The molecule has 2 aromatic rings. The third kappa shape index (κ3) is 2.99. The number of para-hydroxylation sites is 1. The van der Waals surface area contributed by atoms with Crippen molar-refractivity contribution in [3.05, 3.63) is 53.1 Å². The number of ether oxygens (including phenoxy) is 1. The summed E-state index contributed by atoms with van der Waals surface area (Å²) in [5.41, 5.74) is 6.61. The van der Waals surface area contributed by atoms with Gasteiger partial charge < -0.3 is 10.5 Å². The van der Waals surface area contributed by atoms with Gasteiger partial charge in [-0.05, 0) is 29.8 Å². The van der Waals surface area contributed by atoms with Gasteiger partial charge in [0.05, 0.1) is 17.0 Å². The molecule has 0 spiro atoms. The van der Waals surface area contributed by atoms with Gasteiger partial charge in [-0.3, -0.25) is 0 Å². The first kappa shape index (κ1) is 13.3. The predicted molar refractivity (Wildman–Crippen MR) is 76.5 cm³/mol. The zero-order chi connectivity index (χ0) is 13.0. The lowest BCUT2D eigenvalue weighted by atomic mass is 10.2. The molecule has 0 unspecified atom stereocenters. The monoisotopic (exact) mass is 279 g/mol. The second-order valence-electron chi connectivity index (χ2n) is 3.72. The van der Waals surface area contributed by atoms with Gasteiger partial charge in [-0.25, -0.2) is 0 Å². The molecule has 2 rings (SSSR count). The average Bonchev–Trinajstić information content (AvgIpc) is 2.41. The Morgan fingerprint density at radius 2 is 1.94 bits per heavy atom. The number of hydrogen-bond acceptors (Lipinski definition) is 3. The SMILES string of the molecule is COc1ccccc1Sc1ccc(CN)cc1Cl. The summed E-state index contributed by atoms with van der Waals surface area (Å²) in [5.74, 6) is 0.849. The van der Waals surface area contributed by atoms with Gasteiger partial charge in [0.1, 0.15) is 5.75 Å². The summed E-state index contributed by atoms with van der Waals surface area (Å²) < 4.78 is 5.32. The average molecular weight is 280 g/mol. The molecular weight excluding hydrogens is 266 g/mol. The molecule has 0 radical (unpaired) electrons. The van der Waals surface area contributed by atoms with Crippen molar-refractivity contribution in [2.45, 2.75) is 16.3 Å². The van der Waals surface area contributed by atoms with Crippen LogP contribution in [-0.4, -0.2) is 7.11 Å². The van der Waals surface area contributed by atoms with E-state index in [0.717, 1.165) is 21.1 Å². The van der Waals surface area contributed by atoms with Gasteiger partial charge in [0.25, 0.3) is 0 Å². The molecule has 0 heterocycles. The zero-order valence-electron chi connectivity index (χ0n) is 10.0. The topological polar surface area (TPSA) is 35.2 Å². The molecule has 0 bridgehead atoms. The lowest BCUT2D eigenvalue weighted by Crippen LogP contribution is -1.95. The summed E-state index contributed by atoms with van der Waals surface area (Å²) in [6.45, 7) is 0.499. The minimum absolute atomic E-state index is 0.499. The Labute approximate surface area is 116 Å². The molecule has 0 saturated heterocycles. The van der Waals surface area contributed by atoms with E-state index >= 15 is 0 Å². The van der Waals surface area contributed by atoms with Crippen LogP contribution in [0.3, 0.4) is 0 Å². The Hall–Kier alpha value is -1.16. The van der Waals surface area contributed by atoms with Crippen molar-refractivity contribution in [3.8, 4) is 5.75 Å². The van der Waals surface area contributed by atoms with E-state index in [-0.39, 0.29) is 0 Å². The number of halogens is 1. The highest BCUT2D eigenvalue weighted by Crippen LogP contribution is 2.38. The van der Waals surface area contributed by atoms with E-state index in [0.29, 0.717) is 11.6 Å². The van der Waals surface area contributed by atoms with Gasteiger partial charge in [0.15, 0.2) is 0 Å². The van der Waals surface area contributed by atoms with Gasteiger partial charge in [0, 0.05) is 11.4 Å². The molecule has 0 amide bonds. The third-order valence-electron chi connectivity index (χ3n) is 2.52. The lowest BCUT2D eigenvalue weighted by molar-refractivity contribution is 0.405. The van der Waals surface area contributed by atoms with E-state index in [4.69, 9.17) is 22.1 Å². The van der Waals surface area contributed by atoms with Crippen molar-refractivity contribution in [3.63, 3.8) is 0 Å². The Morgan fingerprint density at radius 1 is 1.17 bits per heavy atom. The molecule has 0 aliphatic heterocycles. The van der Waals surface area contributed by atoms with Gasteiger partial charge in [-0.15, -0.1) is 0 Å². The summed E-state index contributed by atoms with van der Waals surface area (Å²) in [5, 5.41) is 0.717. The van der Waals surface area contributed by atoms with Crippen LogP contribution in [0.5, 0.6) is 5.75 Å². The molecule has 0 fully saturated rings. The molecule has 2 nitrogen and oxygen atoms in total. The molecule has 0 aliphatic rings. The fraction of sp³-hybridized carbons (Fsp3) is 0.143. The number of methoxy groups -OCH3 is 1. The van der Waals surface area contributed by atoms with Crippen molar-refractivity contribution in [2.75, 3.05) is 7.11 Å². The highest BCUT2D eigenvalue weighted by atomic mass is 35.5. The largest absolute Gasteiger partial charge is 0.496 e. The molecule has 4 heteroatoms. The van der Waals surface area contributed by atoms with Crippen molar-refractivity contribution in [1.29, 1.82) is 0 Å². The Bertz CT molecular complexity index is 545. The molecule has 0 aliphatic carbocycles. The van der Waals surface area contributed by atoms with Crippen LogP contribution in [0.15, 0.2) is 52.3 Å². The van der Waals surface area contributed by atoms with E-state index in [1.807, 2.05) is 42.5 Å². The second-order valence-corrected chi connectivity index (χ2v) is 5.21. The molecule has 2 N–H and O–H groups in total. The van der Waals surface area contributed by atoms with Crippen LogP contribution in [-0.2, 0) is 6.54 Å². The van der Waals surface area contributed by atoms with E-state index in [1.165, 1.54) is 0 Å². The number of nitrogens with two attached hydrogens (primary N) is 1. The number of rotatable bonds is 4. The fourth-order valence-corrected chi connectivity index (χ4v) is 2.82. The van der Waals surface area contributed by atoms with Crippen LogP contribution in [0, 0.1) is 0 Å². The first-order valence-corrected chi connectivity index (χ1v) is 6.73. The molecular formula is C14H14ClNOS. The van der Waals surface area contributed by atoms with Gasteiger partial charge in [0.2, 0.25) is 0 Å². The van der Waals surface area contributed by atoms with E-state index in [1.54, 1.807) is 18.9 Å². The van der Waals surface area contributed by atoms with Crippen molar-refractivity contribution in [2.24, 2.45) is 5.73 Å². The molecule has 0 atom stereocenters. The highest BCUT2D eigenvalue weighted by molar-refractivity contribution is 7.99. The molecule has 2 aromatic carbocycles. The standard InChI is InChI=1S/C14H14ClNOS/c1-17-12-4-2-3-5-14(12)18-13-7-6-10(9-16)8-11(13)15/h2-8H,9,16H2,1H3. The summed E-state index contributed by atoms with van der Waals surface area (Å²) in [6, 6.07) is 13.8. The van der Waals surface area contributed by atoms with Crippen molar-refractivity contribution < 1.29 is 4.74 Å². The minimum Gasteiger partial charge on any atom is -0.496 e. The van der Waals surface area contributed by atoms with Crippen LogP contribution in [0.2, 0.25) is 5.02 Å². The van der Waals surface area contributed by atoms with Crippen LogP contribution < -0.4 is 10.5 Å². The maximum absolute atomic E-state index is 6.24. The van der Waals surface area contributed by atoms with Gasteiger partial charge >= 0.3 is 0 Å². The Kier molecular flexibility index (Phi) is 4.53. The number of hydrogen-bond donors (Lipinski definition) is 1. The Balaban J connectivity index is 2.28. The highest BCUT2D eigenvalue weighted by Gasteiger charge is 2.07. The summed E-state index contributed by atoms with van der Waals surface area (Å²) in [7, 11) is 1.67. The molecule has 0 aromatic heterocycles. The first-order valence-electron chi connectivity index (χ1n) is 5.54. The van der Waals surface area contributed by atoms with Gasteiger partial charge in [-0.1, -0.05) is 41.6 Å². The quantitative estimate of drug-likeness (QED) is 0.920. The van der Waals surface area contributed by atoms with Crippen LogP contribution in [0.4, 0.5) is 0 Å². The van der Waals surface area contributed by atoms with Gasteiger partial charge in [-0.2, -0.15) is 0 Å². The van der Waals surface area contributed by atoms with E-state index < -0.39 is 0 Å². The Morgan fingerprint density at radius 3 is 2.61 bits per heavy atom. The van der Waals surface area contributed by atoms with E-state index in [9.17, 15) is 0 Å². The molecule has 0 saturated carbocycles. The third-order valence-corrected chi connectivity index (χ3v) is 4.08. The maximum atomic E-state index is 6.24. The van der Waals surface area contributed by atoms with Crippen LogP contribution in [0.25, 0.3) is 0 Å². The maximum Gasteiger partial charge on any atom is 0.132 e. The second kappa shape index (κ2) is 6.14. The van der Waals surface area contributed by atoms with Crippen LogP contribution >= 0.6 is 23.4 Å². The van der Waals surface area contributed by atoms with E-state index in [2.05, 4.69) is 0 Å². The number of benzene rings is 2. The smallest absolute Gasteiger partial charge is 0.132 e. The van der Waals surface area contributed by atoms with Crippen molar-refractivity contribution >= 4 is 23.4 Å². The normalized spacial score (nSPS) is 10.4. The fourth-order valence-electron chi connectivity index (χ4n) is 1.58. The summed E-state index contributed by atoms with van der Waals surface area (Å²) in [6.07, 6.45) is 0. The predicted octanol–water partition coefficient (Wildman–Crippen LogP) is 3.96. The lowest BCUT2D eigenvalue weighted by Gasteiger charge is -2.09. The zero-order valence-corrected chi connectivity index (χ0v) is 11.6. The van der Waals surface area contributed by atoms with Crippen molar-refractivity contribution in [1.82, 2.24) is 0 Å². The molecule has 94 valence electrons. The minimum atomic E-state index is 0.499. The molecule has 18 heavy (non-hydrogen) atoms. The summed E-state index contributed by atoms with van der Waals surface area (Å²) in [4.78, 5) is 2.04. The first-order chi connectivity index (χ1) is 8.74. The summed E-state index contributed by atoms with van der Waals surface area (Å²) >= 11 is 7.82.